The molecular weight excluding hydrogens is 316 g/mol. The highest BCUT2D eigenvalue weighted by Gasteiger charge is 2.14. The van der Waals surface area contributed by atoms with Gasteiger partial charge in [-0.15, -0.1) is 0 Å². The molecule has 0 fully saturated rings. The predicted octanol–water partition coefficient (Wildman–Crippen LogP) is 3.04. The van der Waals surface area contributed by atoms with E-state index in [9.17, 15) is 9.59 Å². The lowest BCUT2D eigenvalue weighted by Crippen LogP contribution is -2.09. The molecule has 0 bridgehead atoms. The molecule has 0 aromatic rings. The molecule has 25 heavy (non-hydrogen) atoms. The van der Waals surface area contributed by atoms with Gasteiger partial charge in [-0.05, 0) is 55.4 Å². The minimum absolute atomic E-state index is 0.221. The first kappa shape index (κ1) is 19.8. The van der Waals surface area contributed by atoms with E-state index in [-0.39, 0.29) is 12.2 Å². The molecule has 4 nitrogen and oxygen atoms in total. The van der Waals surface area contributed by atoms with Crippen molar-refractivity contribution in [1.82, 2.24) is 0 Å². The number of carbonyl (C=O) groups is 2. The molecule has 0 radical (unpaired) electrons. The van der Waals surface area contributed by atoms with E-state index < -0.39 is 11.9 Å². The lowest BCUT2D eigenvalue weighted by Gasteiger charge is -2.06. The van der Waals surface area contributed by atoms with Crippen LogP contribution in [-0.4, -0.2) is 25.7 Å². The van der Waals surface area contributed by atoms with Crippen molar-refractivity contribution in [3.8, 4) is 23.7 Å². The van der Waals surface area contributed by atoms with E-state index in [4.69, 9.17) is 9.47 Å². The average molecular weight is 336 g/mol. The molecule has 0 N–H and O–H groups in total. The first-order valence-corrected chi connectivity index (χ1v) is 7.70. The Morgan fingerprint density at radius 1 is 1.08 bits per heavy atom. The average Bonchev–Trinajstić information content (AvgIpc) is 2.59. The van der Waals surface area contributed by atoms with E-state index in [2.05, 4.69) is 23.7 Å². The molecule has 0 spiro atoms. The van der Waals surface area contributed by atoms with Gasteiger partial charge in [-0.25, -0.2) is 9.59 Å². The van der Waals surface area contributed by atoms with Crippen LogP contribution in [0.5, 0.6) is 0 Å². The van der Waals surface area contributed by atoms with Gasteiger partial charge < -0.3 is 9.47 Å². The maximum Gasteiger partial charge on any atom is 0.338 e. The summed E-state index contributed by atoms with van der Waals surface area (Å²) < 4.78 is 9.76. The van der Waals surface area contributed by atoms with Crippen LogP contribution < -0.4 is 0 Å². The van der Waals surface area contributed by atoms with Crippen LogP contribution in [0.15, 0.2) is 58.7 Å². The molecule has 0 amide bonds. The molecule has 0 saturated heterocycles. The number of hydrogen-bond donors (Lipinski definition) is 0. The van der Waals surface area contributed by atoms with Crippen molar-refractivity contribution >= 4 is 11.9 Å². The van der Waals surface area contributed by atoms with Gasteiger partial charge in [0.05, 0.1) is 19.3 Å². The molecule has 1 aliphatic carbocycles. The molecule has 0 aromatic heterocycles. The molecule has 128 valence electrons. The van der Waals surface area contributed by atoms with Gasteiger partial charge in [-0.2, -0.15) is 0 Å². The summed E-state index contributed by atoms with van der Waals surface area (Å²) in [4.78, 5) is 24.0. The summed E-state index contributed by atoms with van der Waals surface area (Å²) in [5.41, 5.74) is 2.11. The highest BCUT2D eigenvalue weighted by Crippen LogP contribution is 2.16. The first-order chi connectivity index (χ1) is 12.0. The summed E-state index contributed by atoms with van der Waals surface area (Å²) in [5.74, 6) is 10.2. The molecule has 1 rings (SSSR count). The van der Waals surface area contributed by atoms with E-state index in [1.165, 1.54) is 13.2 Å². The van der Waals surface area contributed by atoms with Crippen molar-refractivity contribution in [3.05, 3.63) is 58.7 Å². The number of methoxy groups -OCH3 is 1. The Kier molecular flexibility index (Phi) is 8.33. The Morgan fingerprint density at radius 3 is 2.32 bits per heavy atom. The second kappa shape index (κ2) is 10.5. The van der Waals surface area contributed by atoms with E-state index in [1.807, 2.05) is 6.92 Å². The fraction of sp³-hybridized carbons (Fsp3) is 0.238. The Labute approximate surface area is 148 Å². The molecule has 0 unspecified atom stereocenters. The van der Waals surface area contributed by atoms with Crippen LogP contribution in [0.2, 0.25) is 0 Å². The van der Waals surface area contributed by atoms with Crippen molar-refractivity contribution in [2.75, 3.05) is 13.7 Å². The number of carbonyl (C=O) groups excluding carboxylic acids is 2. The van der Waals surface area contributed by atoms with Gasteiger partial charge >= 0.3 is 11.9 Å². The summed E-state index contributed by atoms with van der Waals surface area (Å²) in [6.45, 7) is 5.59. The van der Waals surface area contributed by atoms with Gasteiger partial charge in [-0.3, -0.25) is 0 Å². The predicted molar refractivity (Wildman–Crippen MR) is 97.0 cm³/mol. The van der Waals surface area contributed by atoms with E-state index in [0.29, 0.717) is 5.57 Å². The number of rotatable bonds is 3. The Hall–Kier alpha value is -3.24. The zero-order valence-corrected chi connectivity index (χ0v) is 14.8. The van der Waals surface area contributed by atoms with Gasteiger partial charge in [0.2, 0.25) is 0 Å². The number of esters is 2. The monoisotopic (exact) mass is 336 g/mol. The molecule has 0 aromatic carbocycles. The van der Waals surface area contributed by atoms with Crippen LogP contribution in [0.4, 0.5) is 0 Å². The molecule has 0 heterocycles. The van der Waals surface area contributed by atoms with E-state index >= 15 is 0 Å². The largest absolute Gasteiger partial charge is 0.465 e. The highest BCUT2D eigenvalue weighted by atomic mass is 16.5. The quantitative estimate of drug-likeness (QED) is 0.452. The number of allylic oxidation sites excluding steroid dienone is 7. The van der Waals surface area contributed by atoms with Crippen LogP contribution in [0.1, 0.15) is 20.8 Å². The molecule has 1 aliphatic rings. The van der Waals surface area contributed by atoms with Crippen LogP contribution in [0.3, 0.4) is 0 Å². The molecule has 0 saturated carbocycles. The van der Waals surface area contributed by atoms with E-state index in [1.54, 1.807) is 44.2 Å². The van der Waals surface area contributed by atoms with Crippen LogP contribution in [0.25, 0.3) is 0 Å². The third kappa shape index (κ3) is 7.24. The lowest BCUT2D eigenvalue weighted by atomic mass is 10.0. The maximum atomic E-state index is 12.1. The Bertz CT molecular complexity index is 809. The number of ether oxygens (including phenoxy) is 2. The maximum absolute atomic E-state index is 12.1. The van der Waals surface area contributed by atoms with Crippen molar-refractivity contribution in [2.24, 2.45) is 0 Å². The summed E-state index contributed by atoms with van der Waals surface area (Å²) in [6.07, 6.45) is 9.59. The molecule has 0 atom stereocenters. The third-order valence-electron chi connectivity index (χ3n) is 2.98. The fourth-order valence-electron chi connectivity index (χ4n) is 1.77. The van der Waals surface area contributed by atoms with Crippen molar-refractivity contribution in [3.63, 3.8) is 0 Å². The van der Waals surface area contributed by atoms with Crippen molar-refractivity contribution in [1.29, 1.82) is 0 Å². The SMILES string of the molecule is CCOC(=O)/C=C1\C=C\C=C(\C)C#CC#C/C(C)=C\C=C\1C(=O)OC. The normalized spacial score (nSPS) is 23.0. The van der Waals surface area contributed by atoms with Gasteiger partial charge in [0.1, 0.15) is 0 Å². The second-order valence-electron chi connectivity index (χ2n) is 4.98. The Balaban J connectivity index is 3.53. The molecular formula is C21H20O4. The first-order valence-electron chi connectivity index (χ1n) is 7.70. The van der Waals surface area contributed by atoms with Crippen LogP contribution >= 0.6 is 0 Å². The molecule has 4 heteroatoms. The minimum atomic E-state index is -0.566. The highest BCUT2D eigenvalue weighted by molar-refractivity contribution is 5.97. The second-order valence-corrected chi connectivity index (χ2v) is 4.98. The van der Waals surface area contributed by atoms with Crippen molar-refractivity contribution < 1.29 is 19.1 Å². The van der Waals surface area contributed by atoms with Gasteiger partial charge in [0.25, 0.3) is 0 Å². The summed E-state index contributed by atoms with van der Waals surface area (Å²) in [6, 6.07) is 0. The summed E-state index contributed by atoms with van der Waals surface area (Å²) in [5, 5.41) is 0. The Morgan fingerprint density at radius 2 is 1.72 bits per heavy atom. The lowest BCUT2D eigenvalue weighted by molar-refractivity contribution is -0.137. The molecule has 0 aliphatic heterocycles. The minimum Gasteiger partial charge on any atom is -0.465 e. The number of hydrogen-bond acceptors (Lipinski definition) is 4. The topological polar surface area (TPSA) is 52.6 Å². The van der Waals surface area contributed by atoms with E-state index in [0.717, 1.165) is 11.1 Å². The van der Waals surface area contributed by atoms with Gasteiger partial charge in [-0.1, -0.05) is 36.1 Å². The van der Waals surface area contributed by atoms with Crippen molar-refractivity contribution in [2.45, 2.75) is 20.8 Å². The van der Waals surface area contributed by atoms with Crippen LogP contribution in [-0.2, 0) is 19.1 Å². The zero-order chi connectivity index (χ0) is 18.7. The smallest absolute Gasteiger partial charge is 0.338 e. The van der Waals surface area contributed by atoms with Gasteiger partial charge in [0, 0.05) is 6.08 Å². The third-order valence-corrected chi connectivity index (χ3v) is 2.98. The summed E-state index contributed by atoms with van der Waals surface area (Å²) in [7, 11) is 1.28. The summed E-state index contributed by atoms with van der Waals surface area (Å²) >= 11 is 0. The fourth-order valence-corrected chi connectivity index (χ4v) is 1.77. The van der Waals surface area contributed by atoms with Gasteiger partial charge in [0.15, 0.2) is 0 Å². The zero-order valence-electron chi connectivity index (χ0n) is 14.8. The van der Waals surface area contributed by atoms with Crippen LogP contribution in [0, 0.1) is 23.7 Å². The standard InChI is InChI=1S/C21H20O4/c1-5-25-20(22)15-18-12-8-11-16(2)9-6-7-10-17(3)13-14-19(18)21(23)24-4/h8,11-15H,5H2,1-4H3/b12-8+,16-11-,17-13-,18-15+,19-14-.